The molecule has 156 valence electrons. The van der Waals surface area contributed by atoms with Crippen LogP contribution in [0.2, 0.25) is 0 Å². The number of anilines is 1. The smallest absolute Gasteiger partial charge is 0.232 e. The van der Waals surface area contributed by atoms with Gasteiger partial charge in [0.25, 0.3) is 0 Å². The van der Waals surface area contributed by atoms with Crippen molar-refractivity contribution in [3.63, 3.8) is 0 Å². The van der Waals surface area contributed by atoms with Crippen molar-refractivity contribution in [2.75, 3.05) is 35.2 Å². The first-order valence-electron chi connectivity index (χ1n) is 9.81. The van der Waals surface area contributed by atoms with Crippen LogP contribution in [-0.2, 0) is 14.6 Å². The second-order valence-electron chi connectivity index (χ2n) is 7.60. The number of carbonyl (C=O) groups excluding carboxylic acids is 1. The van der Waals surface area contributed by atoms with Crippen molar-refractivity contribution in [2.24, 2.45) is 0 Å². The van der Waals surface area contributed by atoms with Gasteiger partial charge in [0, 0.05) is 19.1 Å². The van der Waals surface area contributed by atoms with Crippen LogP contribution in [0, 0.1) is 6.92 Å². The normalized spacial score (nSPS) is 20.9. The molecule has 1 atom stereocenters. The van der Waals surface area contributed by atoms with Gasteiger partial charge in [-0.3, -0.25) is 9.36 Å². The van der Waals surface area contributed by atoms with Gasteiger partial charge in [0.2, 0.25) is 11.9 Å². The van der Waals surface area contributed by atoms with Gasteiger partial charge in [-0.25, -0.2) is 8.42 Å². The molecule has 0 spiro atoms. The first-order valence-corrected chi connectivity index (χ1v) is 12.6. The lowest BCUT2D eigenvalue weighted by Gasteiger charge is -2.18. The molecule has 0 radical (unpaired) electrons. The Kier molecular flexibility index (Phi) is 5.82. The van der Waals surface area contributed by atoms with Crippen LogP contribution in [0.3, 0.4) is 0 Å². The summed E-state index contributed by atoms with van der Waals surface area (Å²) >= 11 is 1.32. The highest BCUT2D eigenvalue weighted by Gasteiger charge is 2.29. The summed E-state index contributed by atoms with van der Waals surface area (Å²) in [6.07, 6.45) is 2.75. The fourth-order valence-corrected chi connectivity index (χ4v) is 6.14. The third-order valence-corrected chi connectivity index (χ3v) is 7.92. The van der Waals surface area contributed by atoms with Gasteiger partial charge >= 0.3 is 0 Å². The van der Waals surface area contributed by atoms with E-state index in [-0.39, 0.29) is 29.2 Å². The number of hydrogen-bond acceptors (Lipinski definition) is 7. The molecular weight excluding hydrogens is 410 g/mol. The molecule has 29 heavy (non-hydrogen) atoms. The van der Waals surface area contributed by atoms with Crippen LogP contribution in [0.25, 0.3) is 5.69 Å². The molecule has 2 aromatic rings. The lowest BCUT2D eigenvalue weighted by molar-refractivity contribution is -0.119. The van der Waals surface area contributed by atoms with Gasteiger partial charge in [-0.05, 0) is 38.3 Å². The molecule has 4 rings (SSSR count). The predicted octanol–water partition coefficient (Wildman–Crippen LogP) is 1.57. The number of aromatic nitrogens is 3. The number of aryl methyl sites for hydroxylation is 1. The first kappa shape index (κ1) is 20.2. The van der Waals surface area contributed by atoms with Crippen LogP contribution in [0.5, 0.6) is 0 Å². The van der Waals surface area contributed by atoms with Gasteiger partial charge in [-0.2, -0.15) is 0 Å². The quantitative estimate of drug-likeness (QED) is 0.688. The maximum atomic E-state index is 12.3. The molecule has 0 bridgehead atoms. The molecule has 0 aliphatic carbocycles. The number of thioether (sulfide) groups is 1. The van der Waals surface area contributed by atoms with E-state index in [1.165, 1.54) is 17.3 Å². The predicted molar refractivity (Wildman–Crippen MR) is 113 cm³/mol. The Hall–Kier alpha value is -2.07. The third kappa shape index (κ3) is 4.75. The summed E-state index contributed by atoms with van der Waals surface area (Å²) in [7, 11) is -3.01. The van der Waals surface area contributed by atoms with E-state index in [0.717, 1.165) is 37.6 Å². The average Bonchev–Trinajstić information content (AvgIpc) is 3.40. The van der Waals surface area contributed by atoms with Crippen LogP contribution in [0.1, 0.15) is 24.8 Å². The second kappa shape index (κ2) is 8.35. The third-order valence-electron chi connectivity index (χ3n) is 5.23. The van der Waals surface area contributed by atoms with E-state index in [1.807, 2.05) is 35.8 Å². The average molecular weight is 436 g/mol. The zero-order valence-electron chi connectivity index (χ0n) is 16.4. The zero-order chi connectivity index (χ0) is 20.4. The molecule has 10 heteroatoms. The summed E-state index contributed by atoms with van der Waals surface area (Å²) in [6.45, 7) is 3.94. The minimum atomic E-state index is -3.01. The van der Waals surface area contributed by atoms with E-state index in [2.05, 4.69) is 20.4 Å². The monoisotopic (exact) mass is 435 g/mol. The van der Waals surface area contributed by atoms with Crippen molar-refractivity contribution in [1.29, 1.82) is 0 Å². The Morgan fingerprint density at radius 3 is 2.59 bits per heavy atom. The van der Waals surface area contributed by atoms with Gasteiger partial charge < -0.3 is 10.2 Å². The summed E-state index contributed by atoms with van der Waals surface area (Å²) in [5, 5.41) is 12.2. The molecule has 1 aromatic carbocycles. The van der Waals surface area contributed by atoms with Crippen LogP contribution in [0.15, 0.2) is 29.4 Å². The largest absolute Gasteiger partial charge is 0.352 e. The first-order chi connectivity index (χ1) is 13.9. The Labute approximate surface area is 175 Å². The van der Waals surface area contributed by atoms with Crippen molar-refractivity contribution in [3.8, 4) is 5.69 Å². The number of benzene rings is 1. The molecule has 2 fully saturated rings. The molecular formula is C19H25N5O3S2. The minimum absolute atomic E-state index is 0.0298. The molecule has 0 unspecified atom stereocenters. The number of hydrogen-bond donors (Lipinski definition) is 1. The zero-order valence-corrected chi connectivity index (χ0v) is 18.0. The van der Waals surface area contributed by atoms with Crippen LogP contribution < -0.4 is 10.2 Å². The van der Waals surface area contributed by atoms with Gasteiger partial charge in [-0.15, -0.1) is 10.2 Å². The number of nitrogens with one attached hydrogen (secondary N) is 1. The number of nitrogens with zero attached hydrogens (tertiary/aromatic N) is 4. The Morgan fingerprint density at radius 2 is 1.93 bits per heavy atom. The van der Waals surface area contributed by atoms with Crippen molar-refractivity contribution in [2.45, 2.75) is 37.4 Å². The van der Waals surface area contributed by atoms with Crippen LogP contribution in [0.4, 0.5) is 5.95 Å². The molecule has 3 heterocycles. The summed E-state index contributed by atoms with van der Waals surface area (Å²) < 4.78 is 25.1. The van der Waals surface area contributed by atoms with Crippen molar-refractivity contribution >= 4 is 33.5 Å². The highest BCUT2D eigenvalue weighted by atomic mass is 32.2. The number of amides is 1. The van der Waals surface area contributed by atoms with E-state index >= 15 is 0 Å². The Balaban J connectivity index is 1.49. The maximum Gasteiger partial charge on any atom is 0.232 e. The van der Waals surface area contributed by atoms with E-state index in [9.17, 15) is 13.2 Å². The standard InChI is InChI=1S/C19H25N5O3S2/c1-14-4-6-16(7-5-14)24-18(23-9-2-3-10-23)21-22-19(24)28-12-17(25)20-15-8-11-29(26,27)13-15/h4-7,15H,2-3,8-13H2,1H3,(H,20,25)/t15-/m1/s1. The van der Waals surface area contributed by atoms with E-state index in [0.29, 0.717) is 11.6 Å². The molecule has 8 nitrogen and oxygen atoms in total. The molecule has 1 amide bonds. The second-order valence-corrected chi connectivity index (χ2v) is 10.8. The van der Waals surface area contributed by atoms with Crippen LogP contribution in [-0.4, -0.2) is 65.5 Å². The maximum absolute atomic E-state index is 12.3. The van der Waals surface area contributed by atoms with Crippen molar-refractivity contribution in [1.82, 2.24) is 20.1 Å². The van der Waals surface area contributed by atoms with Gasteiger partial charge in [0.15, 0.2) is 15.0 Å². The Bertz CT molecular complexity index is 982. The molecule has 1 N–H and O–H groups in total. The summed E-state index contributed by atoms with van der Waals surface area (Å²) in [6, 6.07) is 7.87. The summed E-state index contributed by atoms with van der Waals surface area (Å²) in [5.74, 6) is 0.962. The van der Waals surface area contributed by atoms with Gasteiger partial charge in [0.05, 0.1) is 22.9 Å². The van der Waals surface area contributed by atoms with E-state index in [4.69, 9.17) is 0 Å². The molecule has 0 saturated carbocycles. The molecule has 1 aromatic heterocycles. The van der Waals surface area contributed by atoms with E-state index < -0.39 is 9.84 Å². The highest BCUT2D eigenvalue weighted by molar-refractivity contribution is 7.99. The van der Waals surface area contributed by atoms with Crippen molar-refractivity contribution in [3.05, 3.63) is 29.8 Å². The van der Waals surface area contributed by atoms with Crippen molar-refractivity contribution < 1.29 is 13.2 Å². The topological polar surface area (TPSA) is 97.2 Å². The Morgan fingerprint density at radius 1 is 1.21 bits per heavy atom. The lowest BCUT2D eigenvalue weighted by Crippen LogP contribution is -2.36. The minimum Gasteiger partial charge on any atom is -0.352 e. The number of sulfone groups is 1. The number of rotatable bonds is 6. The van der Waals surface area contributed by atoms with Gasteiger partial charge in [0.1, 0.15) is 0 Å². The molecule has 2 saturated heterocycles. The SMILES string of the molecule is Cc1ccc(-n2c(SCC(=O)N[C@@H]3CCS(=O)(=O)C3)nnc2N2CCCC2)cc1. The van der Waals surface area contributed by atoms with E-state index in [1.54, 1.807) is 0 Å². The molecule has 2 aliphatic heterocycles. The fourth-order valence-electron chi connectivity index (χ4n) is 3.71. The number of carbonyl (C=O) groups is 1. The molecule has 2 aliphatic rings. The highest BCUT2D eigenvalue weighted by Crippen LogP contribution is 2.28. The lowest BCUT2D eigenvalue weighted by atomic mass is 10.2. The van der Waals surface area contributed by atoms with Gasteiger partial charge in [-0.1, -0.05) is 29.5 Å². The fraction of sp³-hybridized carbons (Fsp3) is 0.526. The summed E-state index contributed by atoms with van der Waals surface area (Å²) in [4.78, 5) is 14.6. The van der Waals surface area contributed by atoms with Crippen LogP contribution >= 0.6 is 11.8 Å². The summed E-state index contributed by atoms with van der Waals surface area (Å²) in [5.41, 5.74) is 2.14.